The molecule has 0 bridgehead atoms. The summed E-state index contributed by atoms with van der Waals surface area (Å²) >= 11 is 3.52. The highest BCUT2D eigenvalue weighted by molar-refractivity contribution is 9.10. The van der Waals surface area contributed by atoms with E-state index in [2.05, 4.69) is 32.1 Å². The molecule has 182 valence electrons. The summed E-state index contributed by atoms with van der Waals surface area (Å²) < 4.78 is 6.69. The number of carbonyl (C=O) groups is 3. The molecule has 0 aliphatic carbocycles. The summed E-state index contributed by atoms with van der Waals surface area (Å²) in [5, 5.41) is 2.81. The molecule has 0 aliphatic heterocycles. The van der Waals surface area contributed by atoms with Crippen LogP contribution in [0.25, 0.3) is 0 Å². The van der Waals surface area contributed by atoms with E-state index in [4.69, 9.17) is 4.74 Å². The van der Waals surface area contributed by atoms with Crippen molar-refractivity contribution < 1.29 is 19.1 Å². The molecule has 3 rings (SSSR count). The Hall–Kier alpha value is -3.65. The minimum absolute atomic E-state index is 0.217. The molecule has 0 atom stereocenters. The van der Waals surface area contributed by atoms with E-state index in [-0.39, 0.29) is 18.4 Å². The lowest BCUT2D eigenvalue weighted by atomic mass is 10.0. The Kier molecular flexibility index (Phi) is 8.65. The first-order valence-electron chi connectivity index (χ1n) is 11.1. The van der Waals surface area contributed by atoms with Gasteiger partial charge in [-0.2, -0.15) is 0 Å². The van der Waals surface area contributed by atoms with Crippen molar-refractivity contribution in [3.8, 4) is 5.75 Å². The minimum Gasteiger partial charge on any atom is -0.483 e. The molecule has 3 amide bonds. The van der Waals surface area contributed by atoms with Gasteiger partial charge in [-0.1, -0.05) is 48.0 Å². The number of hydrazine groups is 1. The van der Waals surface area contributed by atoms with Crippen LogP contribution < -0.4 is 20.9 Å². The Morgan fingerprint density at radius 3 is 2.23 bits per heavy atom. The van der Waals surface area contributed by atoms with Crippen LogP contribution in [0.15, 0.2) is 65.1 Å². The number of rotatable bonds is 7. The number of amides is 3. The van der Waals surface area contributed by atoms with Crippen molar-refractivity contribution in [3.63, 3.8) is 0 Å². The van der Waals surface area contributed by atoms with E-state index in [1.807, 2.05) is 52.0 Å². The van der Waals surface area contributed by atoms with Gasteiger partial charge in [-0.25, -0.2) is 0 Å². The summed E-state index contributed by atoms with van der Waals surface area (Å²) in [6.07, 6.45) is 0. The van der Waals surface area contributed by atoms with Crippen molar-refractivity contribution in [2.45, 2.75) is 33.6 Å². The first kappa shape index (κ1) is 26.0. The van der Waals surface area contributed by atoms with E-state index in [0.717, 1.165) is 21.2 Å². The molecule has 0 radical (unpaired) electrons. The van der Waals surface area contributed by atoms with Crippen LogP contribution in [0, 0.1) is 13.8 Å². The van der Waals surface area contributed by atoms with Gasteiger partial charge in [-0.3, -0.25) is 25.2 Å². The molecule has 35 heavy (non-hydrogen) atoms. The number of hydrogen-bond acceptors (Lipinski definition) is 4. The monoisotopic (exact) mass is 537 g/mol. The van der Waals surface area contributed by atoms with Crippen molar-refractivity contribution >= 4 is 39.3 Å². The van der Waals surface area contributed by atoms with Crippen molar-refractivity contribution in [3.05, 3.63) is 93.0 Å². The van der Waals surface area contributed by atoms with Crippen LogP contribution in [0.2, 0.25) is 0 Å². The Balaban J connectivity index is 1.52. The van der Waals surface area contributed by atoms with E-state index in [0.29, 0.717) is 22.6 Å². The largest absolute Gasteiger partial charge is 0.483 e. The van der Waals surface area contributed by atoms with Crippen LogP contribution in [0.5, 0.6) is 5.75 Å². The fraction of sp³-hybridized carbons (Fsp3) is 0.222. The highest BCUT2D eigenvalue weighted by Crippen LogP contribution is 2.32. The maximum Gasteiger partial charge on any atom is 0.276 e. The van der Waals surface area contributed by atoms with Crippen LogP contribution in [0.3, 0.4) is 0 Å². The smallest absolute Gasteiger partial charge is 0.276 e. The van der Waals surface area contributed by atoms with E-state index in [1.165, 1.54) is 0 Å². The van der Waals surface area contributed by atoms with Gasteiger partial charge in [0.15, 0.2) is 6.61 Å². The second-order valence-electron chi connectivity index (χ2n) is 8.43. The topological polar surface area (TPSA) is 96.5 Å². The quantitative estimate of drug-likeness (QED) is 0.357. The van der Waals surface area contributed by atoms with Crippen molar-refractivity contribution in [1.82, 2.24) is 10.9 Å². The van der Waals surface area contributed by atoms with Crippen LogP contribution >= 0.6 is 15.9 Å². The lowest BCUT2D eigenvalue weighted by Gasteiger charge is -2.16. The Morgan fingerprint density at radius 1 is 0.886 bits per heavy atom. The maximum absolute atomic E-state index is 12.4. The number of aryl methyl sites for hydroxylation is 2. The number of hydrogen-bond donors (Lipinski definition) is 3. The molecule has 0 saturated heterocycles. The predicted octanol–water partition coefficient (Wildman–Crippen LogP) is 5.28. The van der Waals surface area contributed by atoms with Gasteiger partial charge in [-0.05, 0) is 78.9 Å². The Morgan fingerprint density at radius 2 is 1.57 bits per heavy atom. The van der Waals surface area contributed by atoms with Crippen LogP contribution in [-0.2, 0) is 4.79 Å². The van der Waals surface area contributed by atoms with Gasteiger partial charge in [0.05, 0.1) is 0 Å². The lowest BCUT2D eigenvalue weighted by molar-refractivity contribution is -0.123. The summed E-state index contributed by atoms with van der Waals surface area (Å²) in [7, 11) is 0. The van der Waals surface area contributed by atoms with Gasteiger partial charge in [0.2, 0.25) is 0 Å². The molecule has 0 spiro atoms. The maximum atomic E-state index is 12.4. The molecule has 3 aromatic rings. The molecule has 3 N–H and O–H groups in total. The van der Waals surface area contributed by atoms with E-state index < -0.39 is 11.8 Å². The molecule has 0 heterocycles. The molecule has 3 aromatic carbocycles. The van der Waals surface area contributed by atoms with Gasteiger partial charge < -0.3 is 10.1 Å². The number of ether oxygens (including phenoxy) is 1. The number of anilines is 1. The standard InChI is InChI=1S/C27H28BrN3O4/c1-16(2)22-14-23(28)18(4)13-24(22)35-15-25(32)30-31-26(33)19-9-11-20(12-10-19)29-27(34)21-8-6-5-7-17(21)3/h5-14,16H,15H2,1-4H3,(H,29,34)(H,30,32)(H,31,33). The third-order valence-corrected chi connectivity index (χ3v) is 6.24. The van der Waals surface area contributed by atoms with E-state index in [1.54, 1.807) is 36.4 Å². The normalized spacial score (nSPS) is 10.6. The van der Waals surface area contributed by atoms with Gasteiger partial charge in [0, 0.05) is 21.3 Å². The average Bonchev–Trinajstić information content (AvgIpc) is 2.83. The third-order valence-electron chi connectivity index (χ3n) is 5.38. The Bertz CT molecular complexity index is 1240. The zero-order chi connectivity index (χ0) is 25.5. The molecule has 0 saturated carbocycles. The predicted molar refractivity (Wildman–Crippen MR) is 140 cm³/mol. The Labute approximate surface area is 213 Å². The molecule has 0 aromatic heterocycles. The summed E-state index contributed by atoms with van der Waals surface area (Å²) in [5.41, 5.74) is 9.04. The van der Waals surface area contributed by atoms with Crippen LogP contribution in [0.1, 0.15) is 57.2 Å². The molecule has 0 unspecified atom stereocenters. The highest BCUT2D eigenvalue weighted by Gasteiger charge is 2.14. The molecule has 8 heteroatoms. The zero-order valence-electron chi connectivity index (χ0n) is 20.1. The fourth-order valence-corrected chi connectivity index (χ4v) is 3.72. The molecule has 0 aliphatic rings. The zero-order valence-corrected chi connectivity index (χ0v) is 21.7. The lowest BCUT2D eigenvalue weighted by Crippen LogP contribution is -2.43. The van der Waals surface area contributed by atoms with Crippen molar-refractivity contribution in [1.29, 1.82) is 0 Å². The van der Waals surface area contributed by atoms with Gasteiger partial charge >= 0.3 is 0 Å². The first-order chi connectivity index (χ1) is 16.7. The van der Waals surface area contributed by atoms with Gasteiger partial charge in [-0.15, -0.1) is 0 Å². The summed E-state index contributed by atoms with van der Waals surface area (Å²) in [5.74, 6) is -0.359. The minimum atomic E-state index is -0.490. The molecular formula is C27H28BrN3O4. The molecule has 7 nitrogen and oxygen atoms in total. The van der Waals surface area contributed by atoms with Crippen LogP contribution in [0.4, 0.5) is 5.69 Å². The third kappa shape index (κ3) is 6.93. The second kappa shape index (κ2) is 11.7. The molecule has 0 fully saturated rings. The van der Waals surface area contributed by atoms with Crippen molar-refractivity contribution in [2.24, 2.45) is 0 Å². The van der Waals surface area contributed by atoms with Gasteiger partial charge in [0.1, 0.15) is 5.75 Å². The van der Waals surface area contributed by atoms with E-state index in [9.17, 15) is 14.4 Å². The number of benzene rings is 3. The van der Waals surface area contributed by atoms with E-state index >= 15 is 0 Å². The summed E-state index contributed by atoms with van der Waals surface area (Å²) in [6.45, 7) is 7.66. The number of halogens is 1. The first-order valence-corrected chi connectivity index (χ1v) is 11.9. The summed E-state index contributed by atoms with van der Waals surface area (Å²) in [4.78, 5) is 37.0. The summed E-state index contributed by atoms with van der Waals surface area (Å²) in [6, 6.07) is 17.5. The number of nitrogens with one attached hydrogen (secondary N) is 3. The second-order valence-corrected chi connectivity index (χ2v) is 9.29. The van der Waals surface area contributed by atoms with Crippen LogP contribution in [-0.4, -0.2) is 24.3 Å². The number of carbonyl (C=O) groups excluding carboxylic acids is 3. The fourth-order valence-electron chi connectivity index (χ4n) is 3.36. The van der Waals surface area contributed by atoms with Gasteiger partial charge in [0.25, 0.3) is 17.7 Å². The average molecular weight is 538 g/mol. The molecular weight excluding hydrogens is 510 g/mol. The van der Waals surface area contributed by atoms with Crippen molar-refractivity contribution in [2.75, 3.05) is 11.9 Å². The SMILES string of the molecule is Cc1cc(OCC(=O)NNC(=O)c2ccc(NC(=O)c3ccccc3C)cc2)c(C(C)C)cc1Br. The highest BCUT2D eigenvalue weighted by atomic mass is 79.9.